The van der Waals surface area contributed by atoms with Gasteiger partial charge in [0.15, 0.2) is 16.3 Å². The summed E-state index contributed by atoms with van der Waals surface area (Å²) in [5, 5.41) is 11.0. The Balaban J connectivity index is 1.37. The molecule has 5 aromatic rings. The van der Waals surface area contributed by atoms with E-state index in [2.05, 4.69) is 12.1 Å². The van der Waals surface area contributed by atoms with Crippen molar-refractivity contribution in [2.45, 2.75) is 18.9 Å². The number of furan rings is 1. The summed E-state index contributed by atoms with van der Waals surface area (Å²) in [6, 6.07) is 23.4. The SMILES string of the molecule is COc1ccc([C@@H]2C3=C(N=c4s/c(=C\c5ccc(-c6ccc([N+](=O)[O-])cc6)o5)c(=O)n42)c2ccccc2CC3)cc1OC. The van der Waals surface area contributed by atoms with Gasteiger partial charge in [-0.15, -0.1) is 0 Å². The van der Waals surface area contributed by atoms with E-state index in [1.165, 1.54) is 29.0 Å². The van der Waals surface area contributed by atoms with Gasteiger partial charge in [0.05, 0.1) is 35.4 Å². The second-order valence-electron chi connectivity index (χ2n) is 10.2. The van der Waals surface area contributed by atoms with Crippen molar-refractivity contribution in [1.82, 2.24) is 4.57 Å². The Kier molecular flexibility index (Phi) is 6.55. The summed E-state index contributed by atoms with van der Waals surface area (Å²) < 4.78 is 19.4. The monoisotopic (exact) mass is 591 g/mol. The third-order valence-electron chi connectivity index (χ3n) is 7.86. The Hall–Kier alpha value is -5.22. The minimum absolute atomic E-state index is 0.00555. The van der Waals surface area contributed by atoms with Crippen LogP contribution in [0.1, 0.15) is 34.9 Å². The highest BCUT2D eigenvalue weighted by molar-refractivity contribution is 7.07. The van der Waals surface area contributed by atoms with Crippen LogP contribution in [0.3, 0.4) is 0 Å². The quantitative estimate of drug-likeness (QED) is 0.191. The van der Waals surface area contributed by atoms with Crippen LogP contribution in [-0.2, 0) is 6.42 Å². The van der Waals surface area contributed by atoms with Crippen LogP contribution in [0, 0.1) is 10.1 Å². The first-order valence-electron chi connectivity index (χ1n) is 13.6. The summed E-state index contributed by atoms with van der Waals surface area (Å²) in [5.41, 5.74) is 5.77. The van der Waals surface area contributed by atoms with Gasteiger partial charge < -0.3 is 13.9 Å². The number of fused-ring (bicyclic) bond motifs is 3. The van der Waals surface area contributed by atoms with E-state index in [9.17, 15) is 14.9 Å². The van der Waals surface area contributed by atoms with Crippen molar-refractivity contribution < 1.29 is 18.8 Å². The number of non-ortho nitro benzene ring substituents is 1. The summed E-state index contributed by atoms with van der Waals surface area (Å²) in [4.78, 5) is 30.3. The number of hydrogen-bond donors (Lipinski definition) is 0. The summed E-state index contributed by atoms with van der Waals surface area (Å²) in [6.45, 7) is 0. The average Bonchev–Trinajstić information content (AvgIpc) is 3.63. The van der Waals surface area contributed by atoms with Crippen LogP contribution in [0.15, 0.2) is 98.6 Å². The van der Waals surface area contributed by atoms with E-state index in [0.29, 0.717) is 37.9 Å². The highest BCUT2D eigenvalue weighted by atomic mass is 32.1. The van der Waals surface area contributed by atoms with Crippen molar-refractivity contribution in [1.29, 1.82) is 0 Å². The second kappa shape index (κ2) is 10.6. The molecule has 214 valence electrons. The third kappa shape index (κ3) is 4.56. The molecule has 7 rings (SSSR count). The van der Waals surface area contributed by atoms with Gasteiger partial charge in [0.1, 0.15) is 11.5 Å². The van der Waals surface area contributed by atoms with E-state index >= 15 is 0 Å². The molecule has 0 amide bonds. The summed E-state index contributed by atoms with van der Waals surface area (Å²) in [7, 11) is 3.20. The van der Waals surface area contributed by atoms with Crippen LogP contribution in [0.2, 0.25) is 0 Å². The fourth-order valence-electron chi connectivity index (χ4n) is 5.81. The molecule has 2 aromatic heterocycles. The van der Waals surface area contributed by atoms with Crippen molar-refractivity contribution >= 4 is 28.8 Å². The highest BCUT2D eigenvalue weighted by Crippen LogP contribution is 2.42. The number of ether oxygens (including phenoxy) is 2. The van der Waals surface area contributed by atoms with Gasteiger partial charge in [0.25, 0.3) is 11.2 Å². The number of hydrogen-bond acceptors (Lipinski definition) is 8. The molecule has 2 aliphatic rings. The normalized spacial score (nSPS) is 15.8. The Morgan fingerprint density at radius 1 is 1.00 bits per heavy atom. The molecule has 0 spiro atoms. The number of thiazole rings is 1. The van der Waals surface area contributed by atoms with Crippen molar-refractivity contribution in [2.24, 2.45) is 4.99 Å². The van der Waals surface area contributed by atoms with E-state index in [1.807, 2.05) is 30.3 Å². The molecule has 43 heavy (non-hydrogen) atoms. The predicted octanol–water partition coefficient (Wildman–Crippen LogP) is 5.50. The lowest BCUT2D eigenvalue weighted by Crippen LogP contribution is -2.38. The number of nitrogens with zero attached hydrogens (tertiary/aromatic N) is 3. The van der Waals surface area contributed by atoms with Crippen molar-refractivity contribution in [3.8, 4) is 22.8 Å². The average molecular weight is 592 g/mol. The fraction of sp³-hybridized carbons (Fsp3) is 0.152. The molecular formula is C33H25N3O6S. The van der Waals surface area contributed by atoms with Crippen LogP contribution in [-0.4, -0.2) is 23.7 Å². The van der Waals surface area contributed by atoms with E-state index in [4.69, 9.17) is 18.9 Å². The van der Waals surface area contributed by atoms with E-state index in [1.54, 1.807) is 49.1 Å². The summed E-state index contributed by atoms with van der Waals surface area (Å²) in [6.07, 6.45) is 3.35. The molecule has 0 radical (unpaired) electrons. The van der Waals surface area contributed by atoms with Crippen LogP contribution < -0.4 is 24.4 Å². The Labute approximate surface area is 249 Å². The third-order valence-corrected chi connectivity index (χ3v) is 8.84. The fourth-order valence-corrected chi connectivity index (χ4v) is 6.79. The van der Waals surface area contributed by atoms with Crippen LogP contribution in [0.5, 0.6) is 11.5 Å². The molecule has 0 unspecified atom stereocenters. The maximum atomic E-state index is 14.1. The minimum atomic E-state index is -0.442. The molecule has 3 heterocycles. The number of allylic oxidation sites excluding steroid dienone is 1. The molecule has 3 aromatic carbocycles. The molecule has 1 aliphatic carbocycles. The minimum Gasteiger partial charge on any atom is -0.493 e. The summed E-state index contributed by atoms with van der Waals surface area (Å²) >= 11 is 1.32. The molecule has 0 fully saturated rings. The van der Waals surface area contributed by atoms with Gasteiger partial charge in [-0.1, -0.05) is 41.7 Å². The zero-order chi connectivity index (χ0) is 29.7. The van der Waals surface area contributed by atoms with Gasteiger partial charge in [0, 0.05) is 29.3 Å². The van der Waals surface area contributed by atoms with Gasteiger partial charge in [-0.25, -0.2) is 4.99 Å². The molecule has 0 bridgehead atoms. The standard InChI is InChI=1S/C33H25N3O6S/c1-40-27-15-10-21(17-28(27)41-2)31-25-14-9-19-5-3-4-6-24(19)30(25)34-33-35(31)32(37)29(43-33)18-23-13-16-26(42-23)20-7-11-22(12-8-20)36(38)39/h3-8,10-13,15-18,31H,9,14H2,1-2H3/b29-18-/t31-/m1/s1. The summed E-state index contributed by atoms with van der Waals surface area (Å²) in [5.74, 6) is 2.25. The first-order valence-corrected chi connectivity index (χ1v) is 14.5. The smallest absolute Gasteiger partial charge is 0.271 e. The number of nitro benzene ring substituents is 1. The van der Waals surface area contributed by atoms with Gasteiger partial charge in [0.2, 0.25) is 0 Å². The Bertz CT molecular complexity index is 2120. The van der Waals surface area contributed by atoms with E-state index < -0.39 is 4.92 Å². The lowest BCUT2D eigenvalue weighted by atomic mass is 9.83. The molecule has 0 saturated carbocycles. The number of aryl methyl sites for hydroxylation is 1. The highest BCUT2D eigenvalue weighted by Gasteiger charge is 2.33. The van der Waals surface area contributed by atoms with Gasteiger partial charge in [-0.3, -0.25) is 19.5 Å². The van der Waals surface area contributed by atoms with Crippen molar-refractivity contribution in [3.63, 3.8) is 0 Å². The maximum absolute atomic E-state index is 14.1. The predicted molar refractivity (Wildman–Crippen MR) is 163 cm³/mol. The topological polar surface area (TPSA) is 109 Å². The number of aromatic nitrogens is 1. The van der Waals surface area contributed by atoms with E-state index in [-0.39, 0.29) is 17.3 Å². The number of benzene rings is 3. The Morgan fingerprint density at radius 2 is 1.79 bits per heavy atom. The first kappa shape index (κ1) is 26.7. The van der Waals surface area contributed by atoms with E-state index in [0.717, 1.165) is 35.2 Å². The van der Waals surface area contributed by atoms with Crippen molar-refractivity contribution in [3.05, 3.63) is 137 Å². The maximum Gasteiger partial charge on any atom is 0.271 e. The van der Waals surface area contributed by atoms with Crippen LogP contribution in [0.4, 0.5) is 5.69 Å². The first-order chi connectivity index (χ1) is 20.9. The number of methoxy groups -OCH3 is 2. The lowest BCUT2D eigenvalue weighted by molar-refractivity contribution is -0.384. The van der Waals surface area contributed by atoms with Crippen molar-refractivity contribution in [2.75, 3.05) is 14.2 Å². The zero-order valence-electron chi connectivity index (χ0n) is 23.3. The molecular weight excluding hydrogens is 566 g/mol. The number of nitro groups is 1. The van der Waals surface area contributed by atoms with Crippen LogP contribution >= 0.6 is 11.3 Å². The van der Waals surface area contributed by atoms with Gasteiger partial charge in [-0.2, -0.15) is 0 Å². The largest absolute Gasteiger partial charge is 0.493 e. The molecule has 1 atom stereocenters. The Morgan fingerprint density at radius 3 is 2.56 bits per heavy atom. The zero-order valence-corrected chi connectivity index (χ0v) is 24.1. The molecule has 0 N–H and O–H groups in total. The number of rotatable bonds is 6. The lowest BCUT2D eigenvalue weighted by Gasteiger charge is -2.31. The van der Waals surface area contributed by atoms with Gasteiger partial charge in [-0.05, 0) is 65.9 Å². The second-order valence-corrected chi connectivity index (χ2v) is 11.2. The molecule has 9 nitrogen and oxygen atoms in total. The van der Waals surface area contributed by atoms with Crippen LogP contribution in [0.25, 0.3) is 23.1 Å². The molecule has 0 saturated heterocycles. The molecule has 10 heteroatoms. The van der Waals surface area contributed by atoms with Gasteiger partial charge >= 0.3 is 0 Å². The molecule has 1 aliphatic heterocycles.